The Morgan fingerprint density at radius 2 is 1.95 bits per heavy atom. The van der Waals surface area contributed by atoms with Gasteiger partial charge in [-0.25, -0.2) is 0 Å². The van der Waals surface area contributed by atoms with Crippen LogP contribution in [0, 0.1) is 0 Å². The van der Waals surface area contributed by atoms with E-state index in [-0.39, 0.29) is 13.0 Å². The summed E-state index contributed by atoms with van der Waals surface area (Å²) in [6.07, 6.45) is 0.202. The Morgan fingerprint density at radius 1 is 1.24 bits per heavy atom. The first-order valence-electron chi connectivity index (χ1n) is 6.28. The molecule has 1 aromatic carbocycles. The first-order chi connectivity index (χ1) is 10.1. The van der Waals surface area contributed by atoms with Crippen molar-refractivity contribution in [3.63, 3.8) is 0 Å². The van der Waals surface area contributed by atoms with Gasteiger partial charge in [-0.05, 0) is 37.2 Å². The van der Waals surface area contributed by atoms with Crippen LogP contribution in [0.2, 0.25) is 0 Å². The van der Waals surface area contributed by atoms with E-state index >= 15 is 0 Å². The summed E-state index contributed by atoms with van der Waals surface area (Å²) in [5, 5.41) is 13.1. The number of rotatable bonds is 7. The van der Waals surface area contributed by atoms with E-state index in [1.807, 2.05) is 35.0 Å². The van der Waals surface area contributed by atoms with Gasteiger partial charge in [-0.15, -0.1) is 4.89 Å². The van der Waals surface area contributed by atoms with Gasteiger partial charge in [0.1, 0.15) is 0 Å². The zero-order valence-electron chi connectivity index (χ0n) is 11.1. The number of aliphatic carboxylic acids is 1. The summed E-state index contributed by atoms with van der Waals surface area (Å²) in [6.45, 7) is 0.119. The van der Waals surface area contributed by atoms with Crippen LogP contribution in [-0.4, -0.2) is 26.7 Å². The lowest BCUT2D eigenvalue weighted by atomic mass is 10.1. The summed E-state index contributed by atoms with van der Waals surface area (Å²) < 4.78 is 12.7. The monoisotopic (exact) mass is 324 g/mol. The molecule has 2 unspecified atom stereocenters. The Kier molecular flexibility index (Phi) is 5.59. The number of carboxylic acids is 1. The molecule has 0 saturated carbocycles. The lowest BCUT2D eigenvalue weighted by molar-refractivity contribution is -0.141. The van der Waals surface area contributed by atoms with Gasteiger partial charge in [0.15, 0.2) is 6.04 Å². The predicted molar refractivity (Wildman–Crippen MR) is 81.3 cm³/mol. The number of thiophene rings is 1. The third-order valence-electron chi connectivity index (χ3n) is 3.06. The minimum Gasteiger partial charge on any atom is -0.480 e. The van der Waals surface area contributed by atoms with Crippen molar-refractivity contribution in [2.75, 3.05) is 0 Å². The van der Waals surface area contributed by atoms with Gasteiger partial charge in [0.2, 0.25) is 0 Å². The van der Waals surface area contributed by atoms with Crippen LogP contribution in [0.25, 0.3) is 0 Å². The number of nitrogens with zero attached hydrogens (tertiary/aromatic N) is 1. The summed E-state index contributed by atoms with van der Waals surface area (Å²) in [6, 6.07) is 9.86. The minimum atomic E-state index is -2.74. The van der Waals surface area contributed by atoms with Crippen LogP contribution in [0.1, 0.15) is 11.1 Å². The molecule has 1 aromatic heterocycles. The van der Waals surface area contributed by atoms with E-state index in [2.05, 4.69) is 0 Å². The second kappa shape index (κ2) is 7.43. The van der Waals surface area contributed by atoms with Crippen LogP contribution >= 0.6 is 19.5 Å². The Balaban J connectivity index is 2.20. The third kappa shape index (κ3) is 4.44. The second-order valence-corrected chi connectivity index (χ2v) is 6.32. The molecule has 21 heavy (non-hydrogen) atoms. The highest BCUT2D eigenvalue weighted by Crippen LogP contribution is 2.29. The molecule has 0 aliphatic heterocycles. The van der Waals surface area contributed by atoms with Crippen molar-refractivity contribution < 1.29 is 19.4 Å². The highest BCUT2D eigenvalue weighted by Gasteiger charge is 2.39. The van der Waals surface area contributed by atoms with Gasteiger partial charge < -0.3 is 5.11 Å². The van der Waals surface area contributed by atoms with Gasteiger partial charge in [0, 0.05) is 6.42 Å². The van der Waals surface area contributed by atoms with Crippen LogP contribution in [0.5, 0.6) is 0 Å². The molecule has 2 atom stereocenters. The van der Waals surface area contributed by atoms with Crippen molar-refractivity contribution in [1.82, 2.24) is 4.67 Å². The molecule has 0 aliphatic rings. The van der Waals surface area contributed by atoms with Crippen LogP contribution in [-0.2, 0) is 22.3 Å². The van der Waals surface area contributed by atoms with Gasteiger partial charge in [-0.3, -0.25) is 4.79 Å². The molecular formula is C14H15NO4PS+. The van der Waals surface area contributed by atoms with E-state index in [0.29, 0.717) is 0 Å². The van der Waals surface area contributed by atoms with Gasteiger partial charge in [-0.2, -0.15) is 11.3 Å². The van der Waals surface area contributed by atoms with Crippen molar-refractivity contribution in [1.29, 1.82) is 0 Å². The fraction of sp³-hybridized carbons (Fsp3) is 0.214. The van der Waals surface area contributed by atoms with Crippen LogP contribution in [0.4, 0.5) is 0 Å². The maximum absolute atomic E-state index is 11.6. The van der Waals surface area contributed by atoms with Crippen molar-refractivity contribution >= 4 is 25.5 Å². The van der Waals surface area contributed by atoms with Gasteiger partial charge in [0.05, 0.1) is 6.54 Å². The van der Waals surface area contributed by atoms with E-state index in [1.54, 1.807) is 12.1 Å². The molecule has 0 saturated heterocycles. The molecule has 0 radical (unpaired) electrons. The molecule has 5 nitrogen and oxygen atoms in total. The smallest absolute Gasteiger partial charge is 0.480 e. The van der Waals surface area contributed by atoms with E-state index in [0.717, 1.165) is 15.8 Å². The van der Waals surface area contributed by atoms with Crippen molar-refractivity contribution in [2.24, 2.45) is 0 Å². The van der Waals surface area contributed by atoms with Crippen molar-refractivity contribution in [3.8, 4) is 0 Å². The number of benzene rings is 1. The van der Waals surface area contributed by atoms with E-state index in [9.17, 15) is 19.4 Å². The normalized spacial score (nSPS) is 13.1. The van der Waals surface area contributed by atoms with Crippen molar-refractivity contribution in [3.05, 3.63) is 58.3 Å². The fourth-order valence-electron chi connectivity index (χ4n) is 2.01. The van der Waals surface area contributed by atoms with Gasteiger partial charge in [-0.1, -0.05) is 30.3 Å². The van der Waals surface area contributed by atoms with Crippen LogP contribution < -0.4 is 0 Å². The summed E-state index contributed by atoms with van der Waals surface area (Å²) in [5.74, 6) is -1.10. The summed E-state index contributed by atoms with van der Waals surface area (Å²) in [7, 11) is -2.74. The molecule has 2 rings (SSSR count). The largest absolute Gasteiger partial charge is 0.614 e. The molecule has 1 heterocycles. The average molecular weight is 324 g/mol. The van der Waals surface area contributed by atoms with E-state index in [1.165, 1.54) is 11.3 Å². The average Bonchev–Trinajstić information content (AvgIpc) is 2.96. The summed E-state index contributed by atoms with van der Waals surface area (Å²) >= 11 is 1.47. The highest BCUT2D eigenvalue weighted by molar-refractivity contribution is 7.35. The number of hydrogen-bond donors (Lipinski definition) is 2. The molecule has 7 heteroatoms. The van der Waals surface area contributed by atoms with Crippen LogP contribution in [0.3, 0.4) is 0 Å². The molecule has 0 aliphatic carbocycles. The molecule has 2 aromatic rings. The number of carboxylic acid groups (broad SMARTS) is 1. The second-order valence-electron chi connectivity index (χ2n) is 4.53. The molecule has 0 fully saturated rings. The summed E-state index contributed by atoms with van der Waals surface area (Å²) in [4.78, 5) is 21.0. The molecule has 110 valence electrons. The molecular weight excluding hydrogens is 309 g/mol. The quantitative estimate of drug-likeness (QED) is 0.766. The number of hydrogen-bond acceptors (Lipinski definition) is 3. The maximum Gasteiger partial charge on any atom is 0.614 e. The minimum absolute atomic E-state index is 0.119. The SMILES string of the molecule is O=C(O)C(Cc1ccsc1)N(Cc1ccccc1)[P+](=O)O. The van der Waals surface area contributed by atoms with E-state index in [4.69, 9.17) is 0 Å². The summed E-state index contributed by atoms with van der Waals surface area (Å²) in [5.41, 5.74) is 1.65. The predicted octanol–water partition coefficient (Wildman–Crippen LogP) is 2.90. The highest BCUT2D eigenvalue weighted by atomic mass is 32.1. The van der Waals surface area contributed by atoms with Crippen molar-refractivity contribution in [2.45, 2.75) is 19.0 Å². The lowest BCUT2D eigenvalue weighted by Gasteiger charge is -2.17. The Hall–Kier alpha value is -1.59. The molecule has 0 bridgehead atoms. The fourth-order valence-corrected chi connectivity index (χ4v) is 3.40. The molecule has 0 spiro atoms. The van der Waals surface area contributed by atoms with Gasteiger partial charge in [0.25, 0.3) is 0 Å². The first kappa shape index (κ1) is 15.8. The third-order valence-corrected chi connectivity index (χ3v) is 4.65. The zero-order chi connectivity index (χ0) is 15.2. The molecule has 0 amide bonds. The molecule has 2 N–H and O–H groups in total. The van der Waals surface area contributed by atoms with Gasteiger partial charge >= 0.3 is 14.1 Å². The Morgan fingerprint density at radius 3 is 2.48 bits per heavy atom. The zero-order valence-corrected chi connectivity index (χ0v) is 12.8. The number of carbonyl (C=O) groups is 1. The van der Waals surface area contributed by atoms with E-state index < -0.39 is 20.2 Å². The Bertz CT molecular complexity index is 603. The van der Waals surface area contributed by atoms with Crippen LogP contribution in [0.15, 0.2) is 47.2 Å². The first-order valence-corrected chi connectivity index (χ1v) is 8.39. The lowest BCUT2D eigenvalue weighted by Crippen LogP contribution is -2.38. The standard InChI is InChI=1S/C14H14NO4PS/c16-14(17)13(8-12-6-7-21-10-12)15(20(18)19)9-11-4-2-1-3-5-11/h1-7,10,13H,8-9H2,(H-,16,17,18,19)/p+1. The maximum atomic E-state index is 11.6. The topological polar surface area (TPSA) is 77.8 Å². The Labute approximate surface area is 127 Å².